The summed E-state index contributed by atoms with van der Waals surface area (Å²) in [5, 5.41) is 2.47. The van der Waals surface area contributed by atoms with Gasteiger partial charge in [-0.2, -0.15) is 0 Å². The van der Waals surface area contributed by atoms with E-state index in [9.17, 15) is 14.4 Å². The Kier molecular flexibility index (Phi) is 4.14. The van der Waals surface area contributed by atoms with Crippen molar-refractivity contribution in [2.75, 3.05) is 20.7 Å². The minimum absolute atomic E-state index is 0.0687. The smallest absolute Gasteiger partial charge is 0.436 e. The first-order valence-corrected chi connectivity index (χ1v) is 6.56. The van der Waals surface area contributed by atoms with Gasteiger partial charge in [-0.1, -0.05) is 5.73 Å². The van der Waals surface area contributed by atoms with Crippen LogP contribution in [0.4, 0.5) is 4.79 Å². The molecule has 7 nitrogen and oxygen atoms in total. The fraction of sp³-hybridized carbons (Fsp3) is 0.429. The quantitative estimate of drug-likeness (QED) is 0.654. The summed E-state index contributed by atoms with van der Waals surface area (Å²) in [6.45, 7) is 2.26. The highest BCUT2D eigenvalue weighted by Gasteiger charge is 2.20. The fourth-order valence-electron chi connectivity index (χ4n) is 2.22. The van der Waals surface area contributed by atoms with Gasteiger partial charge >= 0.3 is 6.09 Å². The Balaban J connectivity index is 2.55. The molecule has 2 heterocycles. The maximum atomic E-state index is 12.2. The molecule has 7 heteroatoms. The summed E-state index contributed by atoms with van der Waals surface area (Å²) in [6, 6.07) is 0. The van der Waals surface area contributed by atoms with Crippen molar-refractivity contribution in [2.24, 2.45) is 0 Å². The van der Waals surface area contributed by atoms with Crippen LogP contribution in [0.3, 0.4) is 0 Å². The van der Waals surface area contributed by atoms with Crippen LogP contribution < -0.4 is 5.56 Å². The van der Waals surface area contributed by atoms with E-state index in [1.54, 1.807) is 0 Å². The van der Waals surface area contributed by atoms with E-state index >= 15 is 0 Å². The van der Waals surface area contributed by atoms with Crippen LogP contribution in [0.5, 0.6) is 0 Å². The standard InChI is InChI=1S/C14H17N3O4/c1-9(18)12-11(7-6-10-5-4-8-16(10)2)13(19)17(15-12)14(20)21-3/h7,15H,4-5,8H2,1-3H3. The number of ketones is 1. The van der Waals surface area contributed by atoms with Gasteiger partial charge in [-0.15, -0.1) is 4.68 Å². The minimum atomic E-state index is -0.868. The Labute approximate surface area is 121 Å². The highest BCUT2D eigenvalue weighted by molar-refractivity contribution is 5.96. The second-order valence-electron chi connectivity index (χ2n) is 4.83. The molecule has 0 atom stereocenters. The Hall–Kier alpha value is -2.53. The van der Waals surface area contributed by atoms with Crippen molar-refractivity contribution in [3.05, 3.63) is 33.0 Å². The highest BCUT2D eigenvalue weighted by atomic mass is 16.5. The van der Waals surface area contributed by atoms with Gasteiger partial charge in [-0.25, -0.2) is 4.79 Å². The molecule has 1 aromatic rings. The van der Waals surface area contributed by atoms with Crippen LogP contribution in [-0.2, 0) is 4.74 Å². The molecule has 1 fully saturated rings. The van der Waals surface area contributed by atoms with Gasteiger partial charge in [-0.3, -0.25) is 14.7 Å². The van der Waals surface area contributed by atoms with E-state index in [1.807, 2.05) is 11.9 Å². The van der Waals surface area contributed by atoms with Crippen molar-refractivity contribution in [1.82, 2.24) is 14.7 Å². The number of allylic oxidation sites excluding steroid dienone is 1. The van der Waals surface area contributed by atoms with Gasteiger partial charge < -0.3 is 9.64 Å². The molecule has 21 heavy (non-hydrogen) atoms. The molecule has 0 spiro atoms. The molecule has 2 rings (SSSR count). The van der Waals surface area contributed by atoms with E-state index in [0.29, 0.717) is 4.68 Å². The molecule has 1 aromatic heterocycles. The molecular weight excluding hydrogens is 274 g/mol. The lowest BCUT2D eigenvalue weighted by Gasteiger charge is -2.08. The van der Waals surface area contributed by atoms with E-state index in [2.05, 4.69) is 15.6 Å². The van der Waals surface area contributed by atoms with Gasteiger partial charge in [0, 0.05) is 20.5 Å². The van der Waals surface area contributed by atoms with Gasteiger partial charge in [0.15, 0.2) is 5.78 Å². The summed E-state index contributed by atoms with van der Waals surface area (Å²) in [6.07, 6.45) is 2.49. The predicted molar refractivity (Wildman–Crippen MR) is 76.2 cm³/mol. The summed E-state index contributed by atoms with van der Waals surface area (Å²) >= 11 is 0. The number of aromatic nitrogens is 2. The zero-order valence-electron chi connectivity index (χ0n) is 12.2. The number of ether oxygens (including phenoxy) is 1. The van der Waals surface area contributed by atoms with Crippen molar-refractivity contribution >= 4 is 18.0 Å². The lowest BCUT2D eigenvalue weighted by molar-refractivity contribution is 0.101. The third-order valence-corrected chi connectivity index (χ3v) is 3.39. The molecule has 0 radical (unpaired) electrons. The maximum Gasteiger partial charge on any atom is 0.436 e. The van der Waals surface area contributed by atoms with Crippen molar-refractivity contribution < 1.29 is 14.3 Å². The molecule has 1 saturated heterocycles. The molecule has 0 bridgehead atoms. The molecule has 1 aliphatic rings. The number of hydrogen-bond donors (Lipinski definition) is 1. The Bertz CT molecular complexity index is 704. The number of aromatic amines is 1. The average molecular weight is 291 g/mol. The number of methoxy groups -OCH3 is 1. The topological polar surface area (TPSA) is 84.4 Å². The van der Waals surface area contributed by atoms with E-state index in [0.717, 1.165) is 32.2 Å². The molecule has 0 amide bonds. The summed E-state index contributed by atoms with van der Waals surface area (Å²) < 4.78 is 5.17. The first kappa shape index (κ1) is 14.9. The molecule has 0 saturated carbocycles. The van der Waals surface area contributed by atoms with Crippen molar-refractivity contribution in [3.63, 3.8) is 0 Å². The number of carbonyl (C=O) groups is 2. The number of nitrogens with one attached hydrogen (secondary N) is 1. The van der Waals surface area contributed by atoms with Crippen LogP contribution in [0.2, 0.25) is 0 Å². The van der Waals surface area contributed by atoms with Crippen molar-refractivity contribution in [2.45, 2.75) is 19.8 Å². The third kappa shape index (κ3) is 2.83. The zero-order chi connectivity index (χ0) is 15.6. The lowest BCUT2D eigenvalue weighted by atomic mass is 10.2. The SMILES string of the molecule is COC(=O)n1[nH]c(C(C)=O)c(C=C=C2CCCN2C)c1=O. The molecular formula is C14H17N3O4. The number of likely N-dealkylation sites (tertiary alicyclic amines) is 1. The van der Waals surface area contributed by atoms with Gasteiger partial charge in [0.2, 0.25) is 0 Å². The van der Waals surface area contributed by atoms with Gasteiger partial charge in [0.1, 0.15) is 5.69 Å². The van der Waals surface area contributed by atoms with Crippen LogP contribution in [0.15, 0.2) is 16.2 Å². The summed E-state index contributed by atoms with van der Waals surface area (Å²) in [5.74, 6) is -0.340. The first-order valence-electron chi connectivity index (χ1n) is 6.56. The second kappa shape index (κ2) is 5.85. The van der Waals surface area contributed by atoms with Crippen LogP contribution >= 0.6 is 0 Å². The Morgan fingerprint density at radius 1 is 1.43 bits per heavy atom. The second-order valence-corrected chi connectivity index (χ2v) is 4.83. The lowest BCUT2D eigenvalue weighted by Crippen LogP contribution is -2.25. The summed E-state index contributed by atoms with van der Waals surface area (Å²) in [5.41, 5.74) is 3.56. The van der Waals surface area contributed by atoms with E-state index < -0.39 is 11.7 Å². The summed E-state index contributed by atoms with van der Waals surface area (Å²) in [4.78, 5) is 37.3. The molecule has 112 valence electrons. The number of hydrogen-bond acceptors (Lipinski definition) is 5. The average Bonchev–Trinajstić information content (AvgIpc) is 3.00. The van der Waals surface area contributed by atoms with E-state index in [-0.39, 0.29) is 17.0 Å². The predicted octanol–water partition coefficient (Wildman–Crippen LogP) is 1.22. The zero-order valence-corrected chi connectivity index (χ0v) is 12.2. The number of rotatable bonds is 2. The van der Waals surface area contributed by atoms with Crippen molar-refractivity contribution in [1.29, 1.82) is 0 Å². The number of carbonyl (C=O) groups excluding carboxylic acids is 2. The van der Waals surface area contributed by atoms with E-state index in [4.69, 9.17) is 0 Å². The van der Waals surface area contributed by atoms with Gasteiger partial charge in [0.25, 0.3) is 5.56 Å². The Morgan fingerprint density at radius 3 is 2.67 bits per heavy atom. The van der Waals surface area contributed by atoms with Gasteiger partial charge in [-0.05, 0) is 18.9 Å². The highest BCUT2D eigenvalue weighted by Crippen LogP contribution is 2.17. The molecule has 1 aliphatic heterocycles. The fourth-order valence-corrected chi connectivity index (χ4v) is 2.22. The van der Waals surface area contributed by atoms with Crippen LogP contribution in [0.1, 0.15) is 35.8 Å². The summed E-state index contributed by atoms with van der Waals surface area (Å²) in [7, 11) is 3.10. The molecule has 0 aliphatic carbocycles. The normalized spacial score (nSPS) is 14.0. The first-order chi connectivity index (χ1) is 9.95. The third-order valence-electron chi connectivity index (χ3n) is 3.39. The van der Waals surface area contributed by atoms with Crippen molar-refractivity contribution in [3.8, 4) is 0 Å². The van der Waals surface area contributed by atoms with Crippen LogP contribution in [0.25, 0.3) is 6.08 Å². The van der Waals surface area contributed by atoms with Crippen LogP contribution in [0, 0.1) is 0 Å². The van der Waals surface area contributed by atoms with E-state index in [1.165, 1.54) is 13.0 Å². The number of H-pyrrole nitrogens is 1. The number of Topliss-reactive ketones (excluding diaryl/α,β-unsaturated/α-hetero) is 1. The monoisotopic (exact) mass is 291 g/mol. The van der Waals surface area contributed by atoms with Gasteiger partial charge in [0.05, 0.1) is 18.4 Å². The molecule has 0 aromatic carbocycles. The Morgan fingerprint density at radius 2 is 2.14 bits per heavy atom. The largest absolute Gasteiger partial charge is 0.451 e. The van der Waals surface area contributed by atoms with Crippen LogP contribution in [-0.4, -0.2) is 47.3 Å². The maximum absolute atomic E-state index is 12.2. The number of nitrogens with zero attached hydrogens (tertiary/aromatic N) is 2. The minimum Gasteiger partial charge on any atom is -0.451 e. The molecule has 0 unspecified atom stereocenters. The molecule has 1 N–H and O–H groups in total.